The van der Waals surface area contributed by atoms with Gasteiger partial charge in [-0.15, -0.1) is 5.10 Å². The van der Waals surface area contributed by atoms with Crippen molar-refractivity contribution in [1.82, 2.24) is 24.6 Å². The summed E-state index contributed by atoms with van der Waals surface area (Å²) in [6.07, 6.45) is 6.10. The largest absolute Gasteiger partial charge is 0.507 e. The fraction of sp³-hybridized carbons (Fsp3) is 0.240. The number of carbonyl (C=O) groups is 1. The van der Waals surface area contributed by atoms with Gasteiger partial charge < -0.3 is 9.84 Å². The normalized spacial score (nSPS) is 19.2. The Morgan fingerprint density at radius 3 is 2.79 bits per heavy atom. The van der Waals surface area contributed by atoms with Crippen LogP contribution >= 0.6 is 0 Å². The molecular weight excluding hydrogens is 418 g/mol. The molecule has 0 saturated heterocycles. The number of pyridine rings is 1. The monoisotopic (exact) mass is 439 g/mol. The van der Waals surface area contributed by atoms with Gasteiger partial charge in [0.25, 0.3) is 0 Å². The molecule has 1 N–H and O–H groups in total. The average Bonchev–Trinajstić information content (AvgIpc) is 3.22. The third-order valence-corrected chi connectivity index (χ3v) is 6.23. The Balaban J connectivity index is 1.61. The first-order valence-electron chi connectivity index (χ1n) is 10.8. The highest BCUT2D eigenvalue weighted by molar-refractivity contribution is 6.00. The number of nitrogens with zero attached hydrogens (tertiary/aromatic N) is 5. The van der Waals surface area contributed by atoms with Crippen LogP contribution in [0.1, 0.15) is 43.7 Å². The van der Waals surface area contributed by atoms with Gasteiger partial charge in [-0.25, -0.2) is 14.5 Å². The maximum absolute atomic E-state index is 13.4. The zero-order chi connectivity index (χ0) is 22.7. The number of phenolic OH excluding ortho intramolecular Hbond substituents is 1. The number of fused-ring (bicyclic) bond motifs is 3. The summed E-state index contributed by atoms with van der Waals surface area (Å²) in [7, 11) is 0. The van der Waals surface area contributed by atoms with Crippen molar-refractivity contribution in [2.24, 2.45) is 5.41 Å². The quantitative estimate of drug-likeness (QED) is 0.502. The highest BCUT2D eigenvalue weighted by Gasteiger charge is 2.44. The Kier molecular flexibility index (Phi) is 4.14. The number of benzene rings is 1. The van der Waals surface area contributed by atoms with Crippen molar-refractivity contribution in [3.8, 4) is 23.0 Å². The van der Waals surface area contributed by atoms with E-state index in [1.807, 2.05) is 18.2 Å². The number of rotatable bonds is 2. The summed E-state index contributed by atoms with van der Waals surface area (Å²) in [6, 6.07) is 10.7. The molecular formula is C25H21N5O3. The third kappa shape index (κ3) is 3.09. The Morgan fingerprint density at radius 1 is 1.15 bits per heavy atom. The van der Waals surface area contributed by atoms with Crippen molar-refractivity contribution in [2.45, 2.75) is 32.6 Å². The number of hydrogen-bond donors (Lipinski definition) is 1. The minimum absolute atomic E-state index is 0.0585. The van der Waals surface area contributed by atoms with Gasteiger partial charge in [0, 0.05) is 30.8 Å². The molecule has 0 saturated carbocycles. The number of ether oxygens (including phenoxy) is 1. The number of hydrogen-bond acceptors (Lipinski definition) is 7. The van der Waals surface area contributed by atoms with Crippen LogP contribution in [0.4, 0.5) is 0 Å². The van der Waals surface area contributed by atoms with Crippen molar-refractivity contribution < 1.29 is 14.6 Å². The average molecular weight is 439 g/mol. The number of aromatic hydroxyl groups is 1. The molecule has 0 bridgehead atoms. The summed E-state index contributed by atoms with van der Waals surface area (Å²) >= 11 is 0. The van der Waals surface area contributed by atoms with E-state index >= 15 is 0 Å². The predicted octanol–water partition coefficient (Wildman–Crippen LogP) is 4.06. The van der Waals surface area contributed by atoms with Crippen LogP contribution in [0.25, 0.3) is 17.0 Å². The molecule has 2 aliphatic rings. The molecule has 1 unspecified atom stereocenters. The van der Waals surface area contributed by atoms with Crippen molar-refractivity contribution in [2.75, 3.05) is 0 Å². The van der Waals surface area contributed by atoms with Crippen LogP contribution in [-0.2, 0) is 4.79 Å². The lowest BCUT2D eigenvalue weighted by Gasteiger charge is -2.37. The van der Waals surface area contributed by atoms with E-state index in [1.165, 1.54) is 0 Å². The summed E-state index contributed by atoms with van der Waals surface area (Å²) in [5.74, 6) is 1.17. The van der Waals surface area contributed by atoms with E-state index in [9.17, 15) is 9.90 Å². The first-order chi connectivity index (χ1) is 15.9. The van der Waals surface area contributed by atoms with Crippen molar-refractivity contribution in [1.29, 1.82) is 0 Å². The van der Waals surface area contributed by atoms with Crippen LogP contribution in [0.3, 0.4) is 0 Å². The molecule has 8 nitrogen and oxygen atoms in total. The Bertz CT molecular complexity index is 1460. The van der Waals surface area contributed by atoms with E-state index in [0.717, 1.165) is 5.56 Å². The topological polar surface area (TPSA) is 102 Å². The number of para-hydroxylation sites is 1. The Morgan fingerprint density at radius 2 is 2.00 bits per heavy atom. The molecule has 1 aromatic carbocycles. The lowest BCUT2D eigenvalue weighted by Crippen LogP contribution is -2.33. The molecule has 1 aliphatic heterocycles. The van der Waals surface area contributed by atoms with Crippen LogP contribution in [0.2, 0.25) is 0 Å². The van der Waals surface area contributed by atoms with Crippen molar-refractivity contribution in [3.05, 3.63) is 77.6 Å². The second kappa shape index (κ2) is 6.96. The minimum Gasteiger partial charge on any atom is -0.507 e. The number of allylic oxidation sites excluding steroid dienone is 2. The fourth-order valence-electron chi connectivity index (χ4n) is 4.80. The number of carbonyl (C=O) groups excluding carboxylic acids is 1. The van der Waals surface area contributed by atoms with E-state index in [0.29, 0.717) is 52.7 Å². The minimum atomic E-state index is -0.418. The summed E-state index contributed by atoms with van der Waals surface area (Å²) in [5, 5.41) is 14.8. The smallest absolute Gasteiger partial charge is 0.228 e. The highest BCUT2D eigenvalue weighted by atomic mass is 16.5. The van der Waals surface area contributed by atoms with Crippen LogP contribution < -0.4 is 4.74 Å². The number of Topliss-reactive ketones (excluding diaryl/α,β-unsaturated/α-hetero) is 1. The summed E-state index contributed by atoms with van der Waals surface area (Å²) in [4.78, 5) is 27.0. The first kappa shape index (κ1) is 19.6. The standard InChI is InChI=1S/C25H21N5O3/c1-25(2)10-17(32)20-18(11-25)33-24-21(19(20)14-6-5-9-26-12-14)23-28-22(29-30(23)13-27-24)15-7-3-4-8-16(15)31/h3-9,12-13,19,31H,10-11H2,1-2H3. The van der Waals surface area contributed by atoms with E-state index in [2.05, 4.69) is 28.9 Å². The first-order valence-corrected chi connectivity index (χ1v) is 10.8. The number of phenols is 1. The SMILES string of the molecule is CC1(C)CC(=O)C2=C(C1)Oc1ncn3nc(-c4ccccc4O)nc3c1C2c1cccnc1. The second-order valence-electron chi connectivity index (χ2n) is 9.28. The molecule has 33 heavy (non-hydrogen) atoms. The molecule has 164 valence electrons. The molecule has 3 aromatic heterocycles. The van der Waals surface area contributed by atoms with Gasteiger partial charge in [0.1, 0.15) is 17.8 Å². The summed E-state index contributed by atoms with van der Waals surface area (Å²) in [6.45, 7) is 4.14. The van der Waals surface area contributed by atoms with Gasteiger partial charge >= 0.3 is 0 Å². The van der Waals surface area contributed by atoms with E-state index in [1.54, 1.807) is 41.4 Å². The van der Waals surface area contributed by atoms with E-state index in [4.69, 9.17) is 9.72 Å². The predicted molar refractivity (Wildman–Crippen MR) is 120 cm³/mol. The van der Waals surface area contributed by atoms with Gasteiger partial charge in [-0.1, -0.05) is 32.0 Å². The molecule has 4 heterocycles. The van der Waals surface area contributed by atoms with Crippen LogP contribution in [0.5, 0.6) is 11.6 Å². The van der Waals surface area contributed by atoms with Crippen LogP contribution in [0.15, 0.2) is 66.5 Å². The zero-order valence-corrected chi connectivity index (χ0v) is 18.2. The van der Waals surface area contributed by atoms with E-state index < -0.39 is 5.92 Å². The molecule has 0 spiro atoms. The molecule has 1 aliphatic carbocycles. The Hall–Kier alpha value is -4.07. The zero-order valence-electron chi connectivity index (χ0n) is 18.2. The number of aromatic nitrogens is 5. The lowest BCUT2D eigenvalue weighted by molar-refractivity contribution is -0.118. The lowest BCUT2D eigenvalue weighted by atomic mass is 9.70. The van der Waals surface area contributed by atoms with Crippen LogP contribution in [0, 0.1) is 5.41 Å². The molecule has 1 atom stereocenters. The van der Waals surface area contributed by atoms with Crippen LogP contribution in [-0.4, -0.2) is 35.5 Å². The second-order valence-corrected chi connectivity index (χ2v) is 9.28. The van der Waals surface area contributed by atoms with Gasteiger partial charge in [0.2, 0.25) is 5.88 Å². The Labute approximate surface area is 189 Å². The molecule has 0 fully saturated rings. The van der Waals surface area contributed by atoms with Gasteiger partial charge in [0.05, 0.1) is 17.0 Å². The maximum Gasteiger partial charge on any atom is 0.228 e. The van der Waals surface area contributed by atoms with Gasteiger partial charge in [-0.2, -0.15) is 0 Å². The number of ketones is 1. The van der Waals surface area contributed by atoms with Crippen molar-refractivity contribution >= 4 is 11.4 Å². The van der Waals surface area contributed by atoms with E-state index in [-0.39, 0.29) is 16.9 Å². The van der Waals surface area contributed by atoms with Gasteiger partial charge in [-0.3, -0.25) is 9.78 Å². The van der Waals surface area contributed by atoms with Crippen molar-refractivity contribution in [3.63, 3.8) is 0 Å². The molecule has 8 heteroatoms. The summed E-state index contributed by atoms with van der Waals surface area (Å²) in [5.41, 5.74) is 3.02. The maximum atomic E-state index is 13.4. The fourth-order valence-corrected chi connectivity index (χ4v) is 4.80. The highest BCUT2D eigenvalue weighted by Crippen LogP contribution is 2.50. The molecule has 4 aromatic rings. The van der Waals surface area contributed by atoms with Gasteiger partial charge in [0.15, 0.2) is 17.3 Å². The molecule has 6 rings (SSSR count). The third-order valence-electron chi connectivity index (χ3n) is 6.23. The molecule has 0 radical (unpaired) electrons. The summed E-state index contributed by atoms with van der Waals surface area (Å²) < 4.78 is 7.80. The molecule has 0 amide bonds. The van der Waals surface area contributed by atoms with Gasteiger partial charge in [-0.05, 0) is 29.2 Å².